The first kappa shape index (κ1) is 18.4. The summed E-state index contributed by atoms with van der Waals surface area (Å²) < 4.78 is 20.9. The highest BCUT2D eigenvalue weighted by molar-refractivity contribution is 9.10. The van der Waals surface area contributed by atoms with Gasteiger partial charge in [-0.05, 0) is 42.5 Å². The summed E-state index contributed by atoms with van der Waals surface area (Å²) in [5, 5.41) is 9.57. The van der Waals surface area contributed by atoms with Crippen molar-refractivity contribution in [3.8, 4) is 28.7 Å². The first-order chi connectivity index (χ1) is 14.6. The molecule has 0 saturated carbocycles. The lowest BCUT2D eigenvalue weighted by molar-refractivity contribution is 0.430. The molecule has 0 radical (unpaired) electrons. The standard InChI is InChI=1S/C22H12BrFN4O2/c23-18-8-4-3-7-17(18)20-25-21(30-27-20)19-15-5-1-2-6-16(15)22(29)28(26-19)14-11-9-13(24)10-12-14/h1-12H. The zero-order valence-corrected chi connectivity index (χ0v) is 16.9. The van der Waals surface area contributed by atoms with E-state index in [2.05, 4.69) is 31.2 Å². The Bertz CT molecular complexity index is 1440. The van der Waals surface area contributed by atoms with E-state index in [1.165, 1.54) is 28.9 Å². The van der Waals surface area contributed by atoms with Crippen LogP contribution in [0.5, 0.6) is 0 Å². The fourth-order valence-corrected chi connectivity index (χ4v) is 3.64. The summed E-state index contributed by atoms with van der Waals surface area (Å²) in [6.45, 7) is 0. The van der Waals surface area contributed by atoms with Crippen LogP contribution in [0.3, 0.4) is 0 Å². The lowest BCUT2D eigenvalue weighted by Gasteiger charge is -2.09. The van der Waals surface area contributed by atoms with Crippen molar-refractivity contribution in [2.75, 3.05) is 0 Å². The fourth-order valence-electron chi connectivity index (χ4n) is 3.18. The summed E-state index contributed by atoms with van der Waals surface area (Å²) in [6, 6.07) is 20.1. The van der Waals surface area contributed by atoms with Gasteiger partial charge < -0.3 is 4.52 Å². The van der Waals surface area contributed by atoms with Gasteiger partial charge in [-0.15, -0.1) is 0 Å². The first-order valence-electron chi connectivity index (χ1n) is 8.99. The van der Waals surface area contributed by atoms with E-state index in [9.17, 15) is 9.18 Å². The Kier molecular flexibility index (Phi) is 4.48. The van der Waals surface area contributed by atoms with E-state index >= 15 is 0 Å². The van der Waals surface area contributed by atoms with Crippen molar-refractivity contribution in [3.05, 3.63) is 93.4 Å². The summed E-state index contributed by atoms with van der Waals surface area (Å²) in [5.74, 6) is 0.165. The topological polar surface area (TPSA) is 73.8 Å². The van der Waals surface area contributed by atoms with Crippen LogP contribution in [-0.4, -0.2) is 19.9 Å². The number of rotatable bonds is 3. The molecule has 0 aliphatic heterocycles. The van der Waals surface area contributed by atoms with Gasteiger partial charge in [0.15, 0.2) is 5.69 Å². The molecule has 0 spiro atoms. The molecule has 3 aromatic carbocycles. The number of benzene rings is 3. The minimum atomic E-state index is -0.400. The minimum Gasteiger partial charge on any atom is -0.332 e. The molecule has 0 fully saturated rings. The smallest absolute Gasteiger partial charge is 0.279 e. The van der Waals surface area contributed by atoms with Crippen molar-refractivity contribution in [2.45, 2.75) is 0 Å². The molecule has 0 atom stereocenters. The van der Waals surface area contributed by atoms with Crippen LogP contribution in [0, 0.1) is 5.82 Å². The molecule has 6 nitrogen and oxygen atoms in total. The van der Waals surface area contributed by atoms with Crippen LogP contribution in [0.2, 0.25) is 0 Å². The lowest BCUT2D eigenvalue weighted by atomic mass is 10.1. The predicted molar refractivity (Wildman–Crippen MR) is 114 cm³/mol. The Morgan fingerprint density at radius 2 is 1.60 bits per heavy atom. The molecular weight excluding hydrogens is 451 g/mol. The van der Waals surface area contributed by atoms with Crippen LogP contribution in [0.25, 0.3) is 39.4 Å². The first-order valence-corrected chi connectivity index (χ1v) is 9.78. The maximum absolute atomic E-state index is 13.4. The van der Waals surface area contributed by atoms with Gasteiger partial charge in [0.1, 0.15) is 5.82 Å². The molecule has 8 heteroatoms. The van der Waals surface area contributed by atoms with E-state index < -0.39 is 5.82 Å². The molecule has 0 unspecified atom stereocenters. The predicted octanol–water partition coefficient (Wildman–Crippen LogP) is 5.00. The largest absolute Gasteiger partial charge is 0.332 e. The molecule has 0 N–H and O–H groups in total. The number of halogens is 2. The van der Waals surface area contributed by atoms with Crippen LogP contribution in [0.4, 0.5) is 4.39 Å². The van der Waals surface area contributed by atoms with Gasteiger partial charge in [-0.1, -0.05) is 51.4 Å². The Balaban J connectivity index is 1.74. The SMILES string of the molecule is O=c1c2ccccc2c(-c2nc(-c3ccccc3Br)no2)nn1-c1ccc(F)cc1. The van der Waals surface area contributed by atoms with Gasteiger partial charge in [-0.2, -0.15) is 14.8 Å². The molecule has 0 bridgehead atoms. The Hall–Kier alpha value is -3.65. The molecule has 2 heterocycles. The fraction of sp³-hybridized carbons (Fsp3) is 0. The summed E-state index contributed by atoms with van der Waals surface area (Å²) in [4.78, 5) is 17.5. The normalized spacial score (nSPS) is 11.1. The monoisotopic (exact) mass is 462 g/mol. The second-order valence-electron chi connectivity index (χ2n) is 6.49. The average molecular weight is 463 g/mol. The van der Waals surface area contributed by atoms with Crippen LogP contribution in [0.1, 0.15) is 0 Å². The maximum atomic E-state index is 13.4. The van der Waals surface area contributed by atoms with Crippen LogP contribution in [-0.2, 0) is 0 Å². The molecule has 0 aliphatic carbocycles. The van der Waals surface area contributed by atoms with Crippen molar-refractivity contribution in [1.29, 1.82) is 0 Å². The second kappa shape index (κ2) is 7.31. The summed E-state index contributed by atoms with van der Waals surface area (Å²) in [7, 11) is 0. The summed E-state index contributed by atoms with van der Waals surface area (Å²) in [6.07, 6.45) is 0. The molecule has 30 heavy (non-hydrogen) atoms. The van der Waals surface area contributed by atoms with Gasteiger partial charge in [0.05, 0.1) is 11.1 Å². The summed E-state index contributed by atoms with van der Waals surface area (Å²) in [5.41, 5.74) is 1.23. The number of nitrogens with zero attached hydrogens (tertiary/aromatic N) is 4. The van der Waals surface area contributed by atoms with Crippen LogP contribution >= 0.6 is 15.9 Å². The van der Waals surface area contributed by atoms with E-state index in [1.54, 1.807) is 24.3 Å². The van der Waals surface area contributed by atoms with Gasteiger partial charge in [0.2, 0.25) is 5.82 Å². The van der Waals surface area contributed by atoms with Gasteiger partial charge in [0, 0.05) is 15.4 Å². The van der Waals surface area contributed by atoms with E-state index in [0.29, 0.717) is 28.0 Å². The third-order valence-corrected chi connectivity index (χ3v) is 5.31. The molecule has 0 saturated heterocycles. The minimum absolute atomic E-state index is 0.174. The zero-order chi connectivity index (χ0) is 20.7. The number of aromatic nitrogens is 4. The lowest BCUT2D eigenvalue weighted by Crippen LogP contribution is -2.22. The molecule has 5 aromatic rings. The van der Waals surface area contributed by atoms with Crippen molar-refractivity contribution < 1.29 is 8.91 Å². The second-order valence-corrected chi connectivity index (χ2v) is 7.34. The molecular formula is C22H12BrFN4O2. The van der Waals surface area contributed by atoms with Gasteiger partial charge in [0.25, 0.3) is 11.4 Å². The highest BCUT2D eigenvalue weighted by Crippen LogP contribution is 2.29. The summed E-state index contributed by atoms with van der Waals surface area (Å²) >= 11 is 3.48. The number of hydrogen-bond donors (Lipinski definition) is 0. The quantitative estimate of drug-likeness (QED) is 0.377. The average Bonchev–Trinajstić information content (AvgIpc) is 3.25. The van der Waals surface area contributed by atoms with E-state index in [-0.39, 0.29) is 11.4 Å². The van der Waals surface area contributed by atoms with Gasteiger partial charge in [-0.25, -0.2) is 4.39 Å². The van der Waals surface area contributed by atoms with Gasteiger partial charge >= 0.3 is 0 Å². The van der Waals surface area contributed by atoms with Crippen molar-refractivity contribution in [2.24, 2.45) is 0 Å². The Morgan fingerprint density at radius 1 is 0.900 bits per heavy atom. The van der Waals surface area contributed by atoms with E-state index in [4.69, 9.17) is 4.52 Å². The maximum Gasteiger partial charge on any atom is 0.279 e. The van der Waals surface area contributed by atoms with Crippen molar-refractivity contribution >= 4 is 26.7 Å². The highest BCUT2D eigenvalue weighted by atomic mass is 79.9. The van der Waals surface area contributed by atoms with Crippen molar-refractivity contribution in [1.82, 2.24) is 19.9 Å². The molecule has 146 valence electrons. The third kappa shape index (κ3) is 3.11. The molecule has 0 aliphatic rings. The molecule has 5 rings (SSSR count). The Morgan fingerprint density at radius 3 is 2.37 bits per heavy atom. The van der Waals surface area contributed by atoms with Crippen molar-refractivity contribution in [3.63, 3.8) is 0 Å². The zero-order valence-electron chi connectivity index (χ0n) is 15.3. The molecule has 2 aromatic heterocycles. The highest BCUT2D eigenvalue weighted by Gasteiger charge is 2.19. The molecule has 0 amide bonds. The van der Waals surface area contributed by atoms with Gasteiger partial charge in [-0.3, -0.25) is 4.79 Å². The van der Waals surface area contributed by atoms with Crippen LogP contribution < -0.4 is 5.56 Å². The number of fused-ring (bicyclic) bond motifs is 1. The third-order valence-electron chi connectivity index (χ3n) is 4.62. The van der Waals surface area contributed by atoms with Crippen LogP contribution in [0.15, 0.2) is 86.6 Å². The van der Waals surface area contributed by atoms with E-state index in [0.717, 1.165) is 10.0 Å². The van der Waals surface area contributed by atoms with E-state index in [1.807, 2.05) is 24.3 Å². The number of hydrogen-bond acceptors (Lipinski definition) is 5. The Labute approximate surface area is 177 Å².